The number of methoxy groups -OCH3 is 1. The van der Waals surface area contributed by atoms with E-state index in [0.717, 1.165) is 0 Å². The van der Waals surface area contributed by atoms with Gasteiger partial charge in [0, 0.05) is 24.8 Å². The molecule has 0 aliphatic carbocycles. The predicted molar refractivity (Wildman–Crippen MR) is 63.2 cm³/mol. The minimum atomic E-state index is -0.311. The SMILES string of the molecule is COc1ccc(F)cc1-c1cn(CCN)cn1. The number of nitrogens with zero attached hydrogens (tertiary/aromatic N) is 2. The molecular formula is C12H14FN3O. The Labute approximate surface area is 98.8 Å². The number of ether oxygens (including phenoxy) is 1. The number of rotatable bonds is 4. The van der Waals surface area contributed by atoms with Crippen molar-refractivity contribution in [2.24, 2.45) is 5.73 Å². The maximum atomic E-state index is 13.2. The minimum absolute atomic E-state index is 0.311. The van der Waals surface area contributed by atoms with Crippen LogP contribution in [0.4, 0.5) is 4.39 Å². The molecule has 0 bridgehead atoms. The van der Waals surface area contributed by atoms with Crippen LogP contribution in [0.2, 0.25) is 0 Å². The summed E-state index contributed by atoms with van der Waals surface area (Å²) in [4.78, 5) is 4.22. The fourth-order valence-electron chi connectivity index (χ4n) is 1.65. The van der Waals surface area contributed by atoms with Gasteiger partial charge in [0.05, 0.1) is 19.1 Å². The van der Waals surface area contributed by atoms with Crippen molar-refractivity contribution in [3.05, 3.63) is 36.5 Å². The van der Waals surface area contributed by atoms with Crippen molar-refractivity contribution in [2.75, 3.05) is 13.7 Å². The van der Waals surface area contributed by atoms with E-state index < -0.39 is 0 Å². The normalized spacial score (nSPS) is 10.5. The lowest BCUT2D eigenvalue weighted by Gasteiger charge is -2.05. The molecule has 0 fully saturated rings. The van der Waals surface area contributed by atoms with E-state index in [9.17, 15) is 4.39 Å². The molecule has 90 valence electrons. The summed E-state index contributed by atoms with van der Waals surface area (Å²) in [6, 6.07) is 4.36. The van der Waals surface area contributed by atoms with Crippen molar-refractivity contribution in [3.63, 3.8) is 0 Å². The second kappa shape index (κ2) is 4.97. The van der Waals surface area contributed by atoms with E-state index in [4.69, 9.17) is 10.5 Å². The van der Waals surface area contributed by atoms with Crippen LogP contribution >= 0.6 is 0 Å². The number of benzene rings is 1. The van der Waals surface area contributed by atoms with Crippen LogP contribution in [0.15, 0.2) is 30.7 Å². The summed E-state index contributed by atoms with van der Waals surface area (Å²) in [5.41, 5.74) is 6.77. The molecule has 1 aromatic heterocycles. The zero-order chi connectivity index (χ0) is 12.3. The fourth-order valence-corrected chi connectivity index (χ4v) is 1.65. The van der Waals surface area contributed by atoms with Crippen LogP contribution in [0.5, 0.6) is 5.75 Å². The van der Waals surface area contributed by atoms with Gasteiger partial charge < -0.3 is 15.0 Å². The molecule has 2 aromatic rings. The van der Waals surface area contributed by atoms with Gasteiger partial charge in [0.1, 0.15) is 11.6 Å². The molecule has 17 heavy (non-hydrogen) atoms. The Morgan fingerprint density at radius 2 is 2.29 bits per heavy atom. The lowest BCUT2D eigenvalue weighted by atomic mass is 10.1. The highest BCUT2D eigenvalue weighted by atomic mass is 19.1. The Kier molecular flexibility index (Phi) is 3.39. The third kappa shape index (κ3) is 2.45. The standard InChI is InChI=1S/C12H14FN3O/c1-17-12-3-2-9(13)6-10(12)11-7-16(5-4-14)8-15-11/h2-3,6-8H,4-5,14H2,1H3. The van der Waals surface area contributed by atoms with Crippen molar-refractivity contribution in [1.29, 1.82) is 0 Å². The Hall–Kier alpha value is -1.88. The van der Waals surface area contributed by atoms with Gasteiger partial charge in [-0.05, 0) is 18.2 Å². The summed E-state index contributed by atoms with van der Waals surface area (Å²) in [7, 11) is 1.55. The highest BCUT2D eigenvalue weighted by Gasteiger charge is 2.09. The van der Waals surface area contributed by atoms with Gasteiger partial charge in [-0.3, -0.25) is 0 Å². The van der Waals surface area contributed by atoms with E-state index in [0.29, 0.717) is 30.1 Å². The van der Waals surface area contributed by atoms with Crippen LogP contribution in [-0.2, 0) is 6.54 Å². The number of hydrogen-bond donors (Lipinski definition) is 1. The topological polar surface area (TPSA) is 53.1 Å². The van der Waals surface area contributed by atoms with E-state index in [2.05, 4.69) is 4.98 Å². The van der Waals surface area contributed by atoms with Crippen LogP contribution in [-0.4, -0.2) is 23.2 Å². The smallest absolute Gasteiger partial charge is 0.128 e. The van der Waals surface area contributed by atoms with Crippen molar-refractivity contribution in [3.8, 4) is 17.0 Å². The largest absolute Gasteiger partial charge is 0.496 e. The van der Waals surface area contributed by atoms with Crippen molar-refractivity contribution in [2.45, 2.75) is 6.54 Å². The molecule has 2 N–H and O–H groups in total. The third-order valence-electron chi connectivity index (χ3n) is 2.46. The summed E-state index contributed by atoms with van der Waals surface area (Å²) in [6.07, 6.45) is 3.50. The highest BCUT2D eigenvalue weighted by Crippen LogP contribution is 2.29. The molecule has 1 aromatic carbocycles. The summed E-state index contributed by atoms with van der Waals surface area (Å²) < 4.78 is 20.3. The Bertz CT molecular complexity index is 510. The number of halogens is 1. The van der Waals surface area contributed by atoms with Crippen LogP contribution < -0.4 is 10.5 Å². The molecule has 0 radical (unpaired) electrons. The van der Waals surface area contributed by atoms with Crippen LogP contribution in [0.1, 0.15) is 0 Å². The average Bonchev–Trinajstić information content (AvgIpc) is 2.78. The predicted octanol–water partition coefficient (Wildman–Crippen LogP) is 1.66. The van der Waals surface area contributed by atoms with Gasteiger partial charge in [0.15, 0.2) is 0 Å². The molecule has 0 aliphatic rings. The molecular weight excluding hydrogens is 221 g/mol. The van der Waals surface area contributed by atoms with Gasteiger partial charge >= 0.3 is 0 Å². The molecule has 5 heteroatoms. The molecule has 1 heterocycles. The number of aromatic nitrogens is 2. The summed E-state index contributed by atoms with van der Waals surface area (Å²) in [5.74, 6) is 0.290. The third-order valence-corrected chi connectivity index (χ3v) is 2.46. The Morgan fingerprint density at radius 1 is 1.47 bits per heavy atom. The molecule has 0 atom stereocenters. The van der Waals surface area contributed by atoms with Crippen LogP contribution in [0, 0.1) is 5.82 Å². The zero-order valence-corrected chi connectivity index (χ0v) is 9.56. The number of hydrogen-bond acceptors (Lipinski definition) is 3. The molecule has 0 saturated heterocycles. The van der Waals surface area contributed by atoms with E-state index in [1.807, 2.05) is 10.8 Å². The summed E-state index contributed by atoms with van der Waals surface area (Å²) >= 11 is 0. The second-order valence-electron chi connectivity index (χ2n) is 3.63. The first-order chi connectivity index (χ1) is 8.24. The first kappa shape index (κ1) is 11.6. The van der Waals surface area contributed by atoms with Gasteiger partial charge in [-0.2, -0.15) is 0 Å². The van der Waals surface area contributed by atoms with Gasteiger partial charge in [-0.1, -0.05) is 0 Å². The maximum absolute atomic E-state index is 13.2. The molecule has 0 amide bonds. The van der Waals surface area contributed by atoms with Crippen molar-refractivity contribution >= 4 is 0 Å². The molecule has 2 rings (SSSR count). The number of imidazole rings is 1. The maximum Gasteiger partial charge on any atom is 0.128 e. The van der Waals surface area contributed by atoms with Crippen molar-refractivity contribution in [1.82, 2.24) is 9.55 Å². The lowest BCUT2D eigenvalue weighted by Crippen LogP contribution is -2.07. The molecule has 4 nitrogen and oxygen atoms in total. The first-order valence-electron chi connectivity index (χ1n) is 5.30. The molecule has 0 unspecified atom stereocenters. The van der Waals surface area contributed by atoms with Gasteiger partial charge in [-0.25, -0.2) is 9.37 Å². The first-order valence-corrected chi connectivity index (χ1v) is 5.30. The molecule has 0 saturated carbocycles. The van der Waals surface area contributed by atoms with E-state index in [1.54, 1.807) is 19.5 Å². The fraction of sp³-hybridized carbons (Fsp3) is 0.250. The van der Waals surface area contributed by atoms with Gasteiger partial charge in [-0.15, -0.1) is 0 Å². The Morgan fingerprint density at radius 3 is 3.00 bits per heavy atom. The summed E-state index contributed by atoms with van der Waals surface area (Å²) in [5, 5.41) is 0. The number of nitrogens with two attached hydrogens (primary N) is 1. The molecule has 0 aliphatic heterocycles. The van der Waals surface area contributed by atoms with E-state index in [1.165, 1.54) is 12.1 Å². The lowest BCUT2D eigenvalue weighted by molar-refractivity contribution is 0.415. The van der Waals surface area contributed by atoms with Gasteiger partial charge in [0.2, 0.25) is 0 Å². The van der Waals surface area contributed by atoms with Crippen LogP contribution in [0.3, 0.4) is 0 Å². The average molecular weight is 235 g/mol. The van der Waals surface area contributed by atoms with Crippen LogP contribution in [0.25, 0.3) is 11.3 Å². The zero-order valence-electron chi connectivity index (χ0n) is 9.56. The van der Waals surface area contributed by atoms with E-state index in [-0.39, 0.29) is 5.82 Å². The second-order valence-corrected chi connectivity index (χ2v) is 3.63. The molecule has 0 spiro atoms. The van der Waals surface area contributed by atoms with E-state index >= 15 is 0 Å². The monoisotopic (exact) mass is 235 g/mol. The Balaban J connectivity index is 2.40. The summed E-state index contributed by atoms with van der Waals surface area (Å²) in [6.45, 7) is 1.22. The van der Waals surface area contributed by atoms with Gasteiger partial charge in [0.25, 0.3) is 0 Å². The quantitative estimate of drug-likeness (QED) is 0.876. The highest BCUT2D eigenvalue weighted by molar-refractivity contribution is 5.66. The minimum Gasteiger partial charge on any atom is -0.496 e. The van der Waals surface area contributed by atoms with Crippen molar-refractivity contribution < 1.29 is 9.13 Å².